The van der Waals surface area contributed by atoms with Gasteiger partial charge in [0.05, 0.1) is 12.4 Å². The van der Waals surface area contributed by atoms with E-state index in [1.807, 2.05) is 0 Å². The summed E-state index contributed by atoms with van der Waals surface area (Å²) in [4.78, 5) is 23.9. The molecule has 0 spiro atoms. The van der Waals surface area contributed by atoms with Gasteiger partial charge in [-0.3, -0.25) is 9.78 Å². The van der Waals surface area contributed by atoms with Crippen LogP contribution >= 0.6 is 0 Å². The van der Waals surface area contributed by atoms with Crippen molar-refractivity contribution in [1.29, 1.82) is 0 Å². The fourth-order valence-electron chi connectivity index (χ4n) is 1.98. The second kappa shape index (κ2) is 6.35. The fourth-order valence-corrected chi connectivity index (χ4v) is 1.98. The van der Waals surface area contributed by atoms with Crippen molar-refractivity contribution in [3.05, 3.63) is 66.5 Å². The highest BCUT2D eigenvalue weighted by molar-refractivity contribution is 5.92. The number of oxazole rings is 1. The van der Waals surface area contributed by atoms with Gasteiger partial charge in [-0.1, -0.05) is 0 Å². The topological polar surface area (TPSA) is 80.9 Å². The third-order valence-electron chi connectivity index (χ3n) is 3.17. The normalized spacial score (nSPS) is 11.9. The third-order valence-corrected chi connectivity index (χ3v) is 3.17. The van der Waals surface area contributed by atoms with Crippen molar-refractivity contribution in [2.45, 2.75) is 13.0 Å². The Balaban J connectivity index is 1.72. The number of carbonyl (C=O) groups is 1. The molecule has 1 amide bonds. The Morgan fingerprint density at radius 1 is 1.17 bits per heavy atom. The molecular weight excluding hydrogens is 299 g/mol. The molecule has 6 nitrogen and oxygen atoms in total. The Bertz CT molecular complexity index is 802. The zero-order chi connectivity index (χ0) is 16.2. The predicted octanol–water partition coefficient (Wildman–Crippen LogP) is 2.76. The minimum atomic E-state index is -0.446. The molecule has 3 aromatic rings. The lowest BCUT2D eigenvalue weighted by molar-refractivity contribution is 0.0929. The molecule has 1 N–H and O–H groups in total. The van der Waals surface area contributed by atoms with Crippen LogP contribution in [0, 0.1) is 5.82 Å². The Kier molecular flexibility index (Phi) is 4.09. The van der Waals surface area contributed by atoms with Gasteiger partial charge in [0.2, 0.25) is 5.89 Å². The smallest absolute Gasteiger partial charge is 0.272 e. The van der Waals surface area contributed by atoms with Gasteiger partial charge in [0, 0.05) is 18.0 Å². The van der Waals surface area contributed by atoms with Crippen LogP contribution in [0.15, 0.2) is 53.5 Å². The van der Waals surface area contributed by atoms with Crippen molar-refractivity contribution >= 4 is 5.91 Å². The van der Waals surface area contributed by atoms with Crippen molar-refractivity contribution in [1.82, 2.24) is 20.3 Å². The molecule has 0 radical (unpaired) electrons. The van der Waals surface area contributed by atoms with Gasteiger partial charge in [-0.25, -0.2) is 14.4 Å². The van der Waals surface area contributed by atoms with E-state index in [0.29, 0.717) is 17.2 Å². The Morgan fingerprint density at radius 3 is 2.65 bits per heavy atom. The number of carbonyl (C=O) groups excluding carboxylic acids is 1. The van der Waals surface area contributed by atoms with E-state index in [0.717, 1.165) is 0 Å². The number of halogens is 1. The first-order valence-electron chi connectivity index (χ1n) is 6.92. The largest absolute Gasteiger partial charge is 0.438 e. The molecule has 0 saturated carbocycles. The Hall–Kier alpha value is -3.09. The van der Waals surface area contributed by atoms with Gasteiger partial charge in [0.15, 0.2) is 5.76 Å². The molecular formula is C16H13FN4O2. The fraction of sp³-hybridized carbons (Fsp3) is 0.125. The Labute approximate surface area is 131 Å². The SMILES string of the molecule is CC(NC(=O)c1cnccn1)c1ncc(-c2ccc(F)cc2)o1. The molecule has 116 valence electrons. The molecule has 2 aromatic heterocycles. The van der Waals surface area contributed by atoms with Crippen LogP contribution in [-0.2, 0) is 0 Å². The van der Waals surface area contributed by atoms with E-state index in [9.17, 15) is 9.18 Å². The van der Waals surface area contributed by atoms with Gasteiger partial charge in [-0.05, 0) is 31.2 Å². The number of hydrogen-bond acceptors (Lipinski definition) is 5. The van der Waals surface area contributed by atoms with Crippen molar-refractivity contribution in [2.75, 3.05) is 0 Å². The molecule has 1 aromatic carbocycles. The summed E-state index contributed by atoms with van der Waals surface area (Å²) >= 11 is 0. The van der Waals surface area contributed by atoms with E-state index < -0.39 is 6.04 Å². The minimum Gasteiger partial charge on any atom is -0.438 e. The summed E-state index contributed by atoms with van der Waals surface area (Å²) in [5.74, 6) is 0.160. The maximum absolute atomic E-state index is 12.9. The van der Waals surface area contributed by atoms with E-state index in [4.69, 9.17) is 4.42 Å². The number of rotatable bonds is 4. The van der Waals surface area contributed by atoms with Crippen molar-refractivity contribution in [3.63, 3.8) is 0 Å². The monoisotopic (exact) mass is 312 g/mol. The molecule has 0 aliphatic carbocycles. The van der Waals surface area contributed by atoms with E-state index in [2.05, 4.69) is 20.3 Å². The second-order valence-electron chi connectivity index (χ2n) is 4.86. The maximum atomic E-state index is 12.9. The molecule has 0 bridgehead atoms. The lowest BCUT2D eigenvalue weighted by atomic mass is 10.2. The number of aromatic nitrogens is 3. The van der Waals surface area contributed by atoms with Gasteiger partial charge < -0.3 is 9.73 Å². The summed E-state index contributed by atoms with van der Waals surface area (Å²) in [6.07, 6.45) is 5.84. The zero-order valence-electron chi connectivity index (χ0n) is 12.2. The highest BCUT2D eigenvalue weighted by Gasteiger charge is 2.17. The van der Waals surface area contributed by atoms with Crippen LogP contribution in [0.5, 0.6) is 0 Å². The van der Waals surface area contributed by atoms with Crippen LogP contribution in [0.2, 0.25) is 0 Å². The molecule has 7 heteroatoms. The average Bonchev–Trinajstić information content (AvgIpc) is 3.06. The molecule has 2 heterocycles. The highest BCUT2D eigenvalue weighted by atomic mass is 19.1. The van der Waals surface area contributed by atoms with Crippen LogP contribution in [0.3, 0.4) is 0 Å². The number of benzene rings is 1. The maximum Gasteiger partial charge on any atom is 0.272 e. The zero-order valence-corrected chi connectivity index (χ0v) is 12.2. The van der Waals surface area contributed by atoms with E-state index in [-0.39, 0.29) is 17.4 Å². The van der Waals surface area contributed by atoms with Gasteiger partial charge >= 0.3 is 0 Å². The van der Waals surface area contributed by atoms with Gasteiger partial charge in [-0.2, -0.15) is 0 Å². The van der Waals surface area contributed by atoms with Crippen molar-refractivity contribution < 1.29 is 13.6 Å². The predicted molar refractivity (Wildman–Crippen MR) is 79.8 cm³/mol. The third kappa shape index (κ3) is 3.39. The second-order valence-corrected chi connectivity index (χ2v) is 4.86. The summed E-state index contributed by atoms with van der Waals surface area (Å²) in [6, 6.07) is 5.44. The summed E-state index contributed by atoms with van der Waals surface area (Å²) in [7, 11) is 0. The van der Waals surface area contributed by atoms with Crippen molar-refractivity contribution in [3.8, 4) is 11.3 Å². The summed E-state index contributed by atoms with van der Waals surface area (Å²) < 4.78 is 18.6. The Morgan fingerprint density at radius 2 is 1.96 bits per heavy atom. The van der Waals surface area contributed by atoms with E-state index in [1.165, 1.54) is 36.9 Å². The van der Waals surface area contributed by atoms with Crippen LogP contribution < -0.4 is 5.32 Å². The quantitative estimate of drug-likeness (QED) is 0.801. The minimum absolute atomic E-state index is 0.213. The number of hydrogen-bond donors (Lipinski definition) is 1. The lowest BCUT2D eigenvalue weighted by Crippen LogP contribution is -2.27. The lowest BCUT2D eigenvalue weighted by Gasteiger charge is -2.09. The molecule has 0 aliphatic heterocycles. The highest BCUT2D eigenvalue weighted by Crippen LogP contribution is 2.23. The number of nitrogens with zero attached hydrogens (tertiary/aromatic N) is 3. The van der Waals surface area contributed by atoms with Crippen LogP contribution in [0.25, 0.3) is 11.3 Å². The van der Waals surface area contributed by atoms with E-state index >= 15 is 0 Å². The van der Waals surface area contributed by atoms with Crippen LogP contribution in [-0.4, -0.2) is 20.9 Å². The van der Waals surface area contributed by atoms with Crippen LogP contribution in [0.1, 0.15) is 29.3 Å². The average molecular weight is 312 g/mol. The van der Waals surface area contributed by atoms with Gasteiger partial charge in [0.1, 0.15) is 17.6 Å². The molecule has 1 atom stereocenters. The first-order chi connectivity index (χ1) is 11.1. The summed E-state index contributed by atoms with van der Waals surface area (Å²) in [5, 5.41) is 2.73. The molecule has 23 heavy (non-hydrogen) atoms. The molecule has 0 aliphatic rings. The summed E-state index contributed by atoms with van der Waals surface area (Å²) in [5.41, 5.74) is 0.919. The van der Waals surface area contributed by atoms with Gasteiger partial charge in [-0.15, -0.1) is 0 Å². The van der Waals surface area contributed by atoms with Crippen molar-refractivity contribution in [2.24, 2.45) is 0 Å². The molecule has 1 unspecified atom stereocenters. The first-order valence-corrected chi connectivity index (χ1v) is 6.92. The van der Waals surface area contributed by atoms with Crippen LogP contribution in [0.4, 0.5) is 4.39 Å². The molecule has 0 saturated heterocycles. The van der Waals surface area contributed by atoms with E-state index in [1.54, 1.807) is 19.1 Å². The molecule has 0 fully saturated rings. The first kappa shape index (κ1) is 14.8. The standard InChI is InChI=1S/C16H13FN4O2/c1-10(21-15(22)13-8-18-6-7-19-13)16-20-9-14(23-16)11-2-4-12(17)5-3-11/h2-10H,1H3,(H,21,22). The summed E-state index contributed by atoms with van der Waals surface area (Å²) in [6.45, 7) is 1.74. The van der Waals surface area contributed by atoms with Gasteiger partial charge in [0.25, 0.3) is 5.91 Å². The molecule has 3 rings (SSSR count). The number of nitrogens with one attached hydrogen (secondary N) is 1. The number of amides is 1.